The van der Waals surface area contributed by atoms with E-state index in [9.17, 15) is 9.59 Å². The minimum atomic E-state index is -0.742. The Morgan fingerprint density at radius 1 is 0.944 bits per heavy atom. The molecule has 0 fully saturated rings. The van der Waals surface area contributed by atoms with Crippen molar-refractivity contribution in [3.63, 3.8) is 0 Å². The van der Waals surface area contributed by atoms with Crippen LogP contribution in [0.25, 0.3) is 0 Å². The Hall–Kier alpha value is -1.26. The quantitative estimate of drug-likeness (QED) is 0.562. The van der Waals surface area contributed by atoms with Crippen LogP contribution in [0.4, 0.5) is 4.79 Å². The van der Waals surface area contributed by atoms with E-state index in [4.69, 9.17) is 14.2 Å². The number of hydrogen-bond acceptors (Lipinski definition) is 5. The Labute approximate surface area is 109 Å². The third-order valence-corrected chi connectivity index (χ3v) is 2.36. The SMILES string of the molecule is CCC(C)(C)OC(=O)OCCOC(=O)C(C)(C)C. The van der Waals surface area contributed by atoms with E-state index in [1.54, 1.807) is 34.6 Å². The molecule has 0 saturated carbocycles. The number of ether oxygens (including phenoxy) is 3. The molecule has 0 unspecified atom stereocenters. The van der Waals surface area contributed by atoms with Crippen LogP contribution in [0.15, 0.2) is 0 Å². The Morgan fingerprint density at radius 2 is 1.44 bits per heavy atom. The van der Waals surface area contributed by atoms with Crippen LogP contribution in [-0.4, -0.2) is 30.9 Å². The number of carbonyl (C=O) groups is 2. The molecular weight excluding hydrogens is 236 g/mol. The summed E-state index contributed by atoms with van der Waals surface area (Å²) in [5.74, 6) is -0.326. The highest BCUT2D eigenvalue weighted by Gasteiger charge is 2.24. The monoisotopic (exact) mass is 260 g/mol. The largest absolute Gasteiger partial charge is 0.508 e. The highest BCUT2D eigenvalue weighted by Crippen LogP contribution is 2.15. The van der Waals surface area contributed by atoms with Gasteiger partial charge < -0.3 is 14.2 Å². The molecule has 0 atom stereocenters. The molecular formula is C13H24O5. The van der Waals surface area contributed by atoms with Crippen molar-refractivity contribution in [2.75, 3.05) is 13.2 Å². The van der Waals surface area contributed by atoms with Gasteiger partial charge in [-0.3, -0.25) is 4.79 Å². The van der Waals surface area contributed by atoms with Crippen molar-refractivity contribution in [3.05, 3.63) is 0 Å². The van der Waals surface area contributed by atoms with Gasteiger partial charge in [-0.25, -0.2) is 4.79 Å². The Balaban J connectivity index is 3.80. The van der Waals surface area contributed by atoms with Crippen LogP contribution in [0.3, 0.4) is 0 Å². The summed E-state index contributed by atoms with van der Waals surface area (Å²) in [6.45, 7) is 10.8. The highest BCUT2D eigenvalue weighted by atomic mass is 16.7. The molecule has 0 amide bonds. The maximum Gasteiger partial charge on any atom is 0.508 e. The van der Waals surface area contributed by atoms with E-state index in [-0.39, 0.29) is 19.2 Å². The predicted octanol–water partition coefficient (Wildman–Crippen LogP) is 2.92. The number of esters is 1. The van der Waals surface area contributed by atoms with Crippen LogP contribution in [0.2, 0.25) is 0 Å². The van der Waals surface area contributed by atoms with Crippen LogP contribution < -0.4 is 0 Å². The van der Waals surface area contributed by atoms with Gasteiger partial charge in [0, 0.05) is 0 Å². The van der Waals surface area contributed by atoms with E-state index in [2.05, 4.69) is 0 Å². The molecule has 0 aromatic heterocycles. The van der Waals surface area contributed by atoms with Gasteiger partial charge in [-0.2, -0.15) is 0 Å². The van der Waals surface area contributed by atoms with E-state index in [0.717, 1.165) is 0 Å². The number of rotatable bonds is 5. The van der Waals surface area contributed by atoms with Crippen molar-refractivity contribution in [1.29, 1.82) is 0 Å². The lowest BCUT2D eigenvalue weighted by atomic mass is 9.97. The van der Waals surface area contributed by atoms with Crippen LogP contribution in [-0.2, 0) is 19.0 Å². The lowest BCUT2D eigenvalue weighted by Crippen LogP contribution is -2.29. The number of carbonyl (C=O) groups excluding carboxylic acids is 2. The Morgan fingerprint density at radius 3 is 1.89 bits per heavy atom. The van der Waals surface area contributed by atoms with Crippen molar-refractivity contribution in [2.45, 2.75) is 53.6 Å². The minimum absolute atomic E-state index is 0.000444. The molecule has 106 valence electrons. The lowest BCUT2D eigenvalue weighted by molar-refractivity contribution is -0.154. The Bertz CT molecular complexity index is 288. The molecule has 0 aliphatic heterocycles. The van der Waals surface area contributed by atoms with Crippen LogP contribution in [0.1, 0.15) is 48.0 Å². The maximum absolute atomic E-state index is 11.4. The van der Waals surface area contributed by atoms with Crippen molar-refractivity contribution in [1.82, 2.24) is 0 Å². The molecule has 0 rings (SSSR count). The van der Waals surface area contributed by atoms with Crippen LogP contribution >= 0.6 is 0 Å². The standard InChI is InChI=1S/C13H24O5/c1-7-13(5,6)18-11(15)17-9-8-16-10(14)12(2,3)4/h7-9H2,1-6H3. The second kappa shape index (κ2) is 6.61. The van der Waals surface area contributed by atoms with E-state index in [1.807, 2.05) is 6.92 Å². The fourth-order valence-electron chi connectivity index (χ4n) is 0.803. The van der Waals surface area contributed by atoms with Gasteiger partial charge in [-0.1, -0.05) is 6.92 Å². The summed E-state index contributed by atoms with van der Waals surface area (Å²) in [5.41, 5.74) is -1.09. The molecule has 0 N–H and O–H groups in total. The first-order valence-corrected chi connectivity index (χ1v) is 6.11. The summed E-state index contributed by atoms with van der Waals surface area (Å²) in [4.78, 5) is 22.7. The van der Waals surface area contributed by atoms with Gasteiger partial charge in [0.05, 0.1) is 5.41 Å². The fourth-order valence-corrected chi connectivity index (χ4v) is 0.803. The molecule has 5 heteroatoms. The van der Waals surface area contributed by atoms with Gasteiger partial charge in [0.1, 0.15) is 18.8 Å². The summed E-state index contributed by atoms with van der Waals surface area (Å²) in [7, 11) is 0. The summed E-state index contributed by atoms with van der Waals surface area (Å²) < 4.78 is 14.8. The summed E-state index contributed by atoms with van der Waals surface area (Å²) in [6, 6.07) is 0. The molecule has 0 aromatic rings. The first kappa shape index (κ1) is 16.7. The highest BCUT2D eigenvalue weighted by molar-refractivity contribution is 5.75. The van der Waals surface area contributed by atoms with E-state index in [0.29, 0.717) is 6.42 Å². The average Bonchev–Trinajstić information content (AvgIpc) is 2.22. The van der Waals surface area contributed by atoms with Gasteiger partial charge in [-0.05, 0) is 41.0 Å². The second-order valence-electron chi connectivity index (χ2n) is 5.70. The van der Waals surface area contributed by atoms with E-state index in [1.165, 1.54) is 0 Å². The zero-order chi connectivity index (χ0) is 14.4. The molecule has 18 heavy (non-hydrogen) atoms. The normalized spacial score (nSPS) is 11.9. The molecule has 0 aliphatic rings. The molecule has 0 aromatic carbocycles. The predicted molar refractivity (Wildman–Crippen MR) is 67.2 cm³/mol. The molecule has 0 aliphatic carbocycles. The second-order valence-corrected chi connectivity index (χ2v) is 5.70. The van der Waals surface area contributed by atoms with Gasteiger partial charge >= 0.3 is 12.1 Å². The molecule has 0 bridgehead atoms. The average molecular weight is 260 g/mol. The summed E-state index contributed by atoms with van der Waals surface area (Å²) >= 11 is 0. The maximum atomic E-state index is 11.4. The first-order chi connectivity index (χ1) is 8.08. The summed E-state index contributed by atoms with van der Waals surface area (Å²) in [6.07, 6.45) is -0.0464. The Kier molecular flexibility index (Phi) is 6.15. The summed E-state index contributed by atoms with van der Waals surface area (Å²) in [5, 5.41) is 0. The lowest BCUT2D eigenvalue weighted by Gasteiger charge is -2.22. The third-order valence-electron chi connectivity index (χ3n) is 2.36. The van der Waals surface area contributed by atoms with Crippen LogP contribution in [0.5, 0.6) is 0 Å². The van der Waals surface area contributed by atoms with E-state index >= 15 is 0 Å². The molecule has 0 radical (unpaired) electrons. The first-order valence-electron chi connectivity index (χ1n) is 6.11. The van der Waals surface area contributed by atoms with Crippen molar-refractivity contribution in [3.8, 4) is 0 Å². The number of hydrogen-bond donors (Lipinski definition) is 0. The molecule has 5 nitrogen and oxygen atoms in total. The van der Waals surface area contributed by atoms with Gasteiger partial charge in [-0.15, -0.1) is 0 Å². The van der Waals surface area contributed by atoms with Crippen molar-refractivity contribution < 1.29 is 23.8 Å². The fraction of sp³-hybridized carbons (Fsp3) is 0.846. The topological polar surface area (TPSA) is 61.8 Å². The van der Waals surface area contributed by atoms with Crippen molar-refractivity contribution >= 4 is 12.1 Å². The van der Waals surface area contributed by atoms with Gasteiger partial charge in [0.25, 0.3) is 0 Å². The minimum Gasteiger partial charge on any atom is -0.462 e. The van der Waals surface area contributed by atoms with E-state index < -0.39 is 17.2 Å². The van der Waals surface area contributed by atoms with Crippen LogP contribution in [0, 0.1) is 5.41 Å². The van der Waals surface area contributed by atoms with Crippen molar-refractivity contribution in [2.24, 2.45) is 5.41 Å². The van der Waals surface area contributed by atoms with Gasteiger partial charge in [0.15, 0.2) is 0 Å². The smallest absolute Gasteiger partial charge is 0.462 e. The van der Waals surface area contributed by atoms with Gasteiger partial charge in [0.2, 0.25) is 0 Å². The molecule has 0 spiro atoms. The third kappa shape index (κ3) is 7.14. The zero-order valence-corrected chi connectivity index (χ0v) is 12.2. The zero-order valence-electron chi connectivity index (χ0n) is 12.2. The molecule has 0 saturated heterocycles. The molecule has 0 heterocycles.